The summed E-state index contributed by atoms with van der Waals surface area (Å²) in [7, 11) is 1.60. The van der Waals surface area contributed by atoms with Crippen molar-refractivity contribution in [1.82, 2.24) is 20.3 Å². The maximum Gasteiger partial charge on any atom is 0.309 e. The smallest absolute Gasteiger partial charge is 0.309 e. The normalized spacial score (nSPS) is 11.0. The lowest BCUT2D eigenvalue weighted by atomic mass is 10.2. The van der Waals surface area contributed by atoms with Gasteiger partial charge in [-0.15, -0.1) is 0 Å². The van der Waals surface area contributed by atoms with Crippen LogP contribution in [0, 0.1) is 5.82 Å². The largest absolute Gasteiger partial charge is 0.497 e. The van der Waals surface area contributed by atoms with Gasteiger partial charge in [0, 0.05) is 28.7 Å². The second-order valence-electron chi connectivity index (χ2n) is 7.71. The van der Waals surface area contributed by atoms with Crippen molar-refractivity contribution in [1.29, 1.82) is 0 Å². The summed E-state index contributed by atoms with van der Waals surface area (Å²) >= 11 is 0. The van der Waals surface area contributed by atoms with Crippen LogP contribution in [0.2, 0.25) is 0 Å². The third-order valence-electron chi connectivity index (χ3n) is 5.21. The summed E-state index contributed by atoms with van der Waals surface area (Å²) in [4.78, 5) is 22.4. The highest BCUT2D eigenvalue weighted by Crippen LogP contribution is 2.22. The van der Waals surface area contributed by atoms with Crippen LogP contribution in [0.3, 0.4) is 0 Å². The van der Waals surface area contributed by atoms with E-state index in [1.54, 1.807) is 7.11 Å². The number of aliphatic carboxylic acids is 1. The topological polar surface area (TPSA) is 109 Å². The number of hydrogen-bond donors (Lipinski definition) is 3. The molecule has 0 saturated carbocycles. The minimum Gasteiger partial charge on any atom is -0.497 e. The van der Waals surface area contributed by atoms with Gasteiger partial charge < -0.3 is 24.9 Å². The number of carbonyl (C=O) groups is 1. The highest BCUT2D eigenvalue weighted by Gasteiger charge is 2.09. The summed E-state index contributed by atoms with van der Waals surface area (Å²) < 4.78 is 25.1. The molecule has 0 aliphatic carbocycles. The van der Waals surface area contributed by atoms with Crippen molar-refractivity contribution < 1.29 is 23.8 Å². The summed E-state index contributed by atoms with van der Waals surface area (Å²) in [5.74, 6) is 0.554. The van der Waals surface area contributed by atoms with Gasteiger partial charge in [0.2, 0.25) is 0 Å². The zero-order chi connectivity index (χ0) is 23.9. The van der Waals surface area contributed by atoms with Gasteiger partial charge in [-0.3, -0.25) is 4.79 Å². The first kappa shape index (κ1) is 23.2. The van der Waals surface area contributed by atoms with Crippen LogP contribution in [0.1, 0.15) is 17.8 Å². The molecule has 0 atom stereocenters. The summed E-state index contributed by atoms with van der Waals surface area (Å²) in [6.45, 7) is 1.38. The van der Waals surface area contributed by atoms with Gasteiger partial charge in [-0.1, -0.05) is 0 Å². The van der Waals surface area contributed by atoms with Gasteiger partial charge >= 0.3 is 5.97 Å². The Hall–Kier alpha value is -3.98. The summed E-state index contributed by atoms with van der Waals surface area (Å²) in [6, 6.07) is 14.7. The first-order valence-corrected chi connectivity index (χ1v) is 10.8. The van der Waals surface area contributed by atoms with Crippen molar-refractivity contribution in [2.45, 2.75) is 19.4 Å². The number of H-pyrrole nitrogens is 1. The molecule has 0 aliphatic rings. The summed E-state index contributed by atoms with van der Waals surface area (Å²) in [5.41, 5.74) is 2.60. The fraction of sp³-hybridized carbons (Fsp3) is 0.240. The molecule has 0 saturated heterocycles. The first-order chi connectivity index (χ1) is 16.5. The molecule has 0 fully saturated rings. The van der Waals surface area contributed by atoms with E-state index in [0.29, 0.717) is 42.5 Å². The van der Waals surface area contributed by atoms with Crippen LogP contribution in [0.25, 0.3) is 22.3 Å². The Balaban J connectivity index is 1.25. The minimum atomic E-state index is -0.880. The summed E-state index contributed by atoms with van der Waals surface area (Å²) in [5, 5.41) is 13.0. The van der Waals surface area contributed by atoms with Crippen molar-refractivity contribution in [2.24, 2.45) is 0 Å². The molecular formula is C25H25FN4O4. The van der Waals surface area contributed by atoms with Crippen molar-refractivity contribution in [2.75, 3.05) is 20.3 Å². The number of carboxylic acid groups (broad SMARTS) is 1. The fourth-order valence-electron chi connectivity index (χ4n) is 3.52. The molecule has 0 bridgehead atoms. The van der Waals surface area contributed by atoms with E-state index in [1.807, 2.05) is 48.5 Å². The number of nitrogens with zero attached hydrogens (tertiary/aromatic N) is 2. The van der Waals surface area contributed by atoms with E-state index in [0.717, 1.165) is 22.2 Å². The van der Waals surface area contributed by atoms with E-state index in [9.17, 15) is 9.18 Å². The van der Waals surface area contributed by atoms with E-state index in [1.165, 1.54) is 6.20 Å². The number of aromatic amines is 1. The molecule has 0 unspecified atom stereocenters. The molecule has 4 rings (SSSR count). The van der Waals surface area contributed by atoms with Crippen LogP contribution in [0.15, 0.2) is 54.7 Å². The van der Waals surface area contributed by atoms with Gasteiger partial charge in [-0.05, 0) is 61.5 Å². The molecule has 176 valence electrons. The lowest BCUT2D eigenvalue weighted by molar-refractivity contribution is -0.136. The lowest BCUT2D eigenvalue weighted by Crippen LogP contribution is -2.19. The van der Waals surface area contributed by atoms with Crippen LogP contribution in [0.4, 0.5) is 4.39 Å². The SMILES string of the molecule is COc1ccc(-c2ncc(F)c(CNCCCOc3ccc4[nH]c(CC(=O)O)cc4c3)n2)cc1. The van der Waals surface area contributed by atoms with E-state index >= 15 is 0 Å². The average molecular weight is 464 g/mol. The van der Waals surface area contributed by atoms with Crippen molar-refractivity contribution in [3.8, 4) is 22.9 Å². The molecule has 2 aromatic heterocycles. The monoisotopic (exact) mass is 464 g/mol. The number of ether oxygens (including phenoxy) is 2. The Morgan fingerprint density at radius 3 is 2.71 bits per heavy atom. The molecule has 4 aromatic rings. The molecule has 8 nitrogen and oxygen atoms in total. The van der Waals surface area contributed by atoms with E-state index in [-0.39, 0.29) is 13.0 Å². The van der Waals surface area contributed by atoms with Crippen molar-refractivity contribution in [3.63, 3.8) is 0 Å². The predicted octanol–water partition coefficient (Wildman–Crippen LogP) is 3.96. The Morgan fingerprint density at radius 2 is 1.94 bits per heavy atom. The number of fused-ring (bicyclic) bond motifs is 1. The Kier molecular flexibility index (Phi) is 7.34. The maximum atomic E-state index is 14.2. The molecule has 34 heavy (non-hydrogen) atoms. The fourth-order valence-corrected chi connectivity index (χ4v) is 3.52. The van der Waals surface area contributed by atoms with Crippen molar-refractivity contribution >= 4 is 16.9 Å². The highest BCUT2D eigenvalue weighted by atomic mass is 19.1. The van der Waals surface area contributed by atoms with Crippen LogP contribution >= 0.6 is 0 Å². The Bertz CT molecular complexity index is 1270. The average Bonchev–Trinajstić information content (AvgIpc) is 3.23. The standard InChI is InChI=1S/C25H25FN4O4/c1-33-19-5-3-16(4-6-19)25-28-14-21(26)23(30-25)15-27-9-2-10-34-20-7-8-22-17(12-20)11-18(29-22)13-24(31)32/h3-8,11-12,14,27,29H,2,9-10,13,15H2,1H3,(H,31,32). The van der Waals surface area contributed by atoms with Crippen LogP contribution < -0.4 is 14.8 Å². The first-order valence-electron chi connectivity index (χ1n) is 10.8. The number of rotatable bonds is 11. The minimum absolute atomic E-state index is 0.0505. The zero-order valence-electron chi connectivity index (χ0n) is 18.7. The van der Waals surface area contributed by atoms with E-state index in [2.05, 4.69) is 20.3 Å². The van der Waals surface area contributed by atoms with Crippen LogP contribution in [0.5, 0.6) is 11.5 Å². The second kappa shape index (κ2) is 10.8. The third-order valence-corrected chi connectivity index (χ3v) is 5.21. The number of benzene rings is 2. The molecule has 9 heteroatoms. The Morgan fingerprint density at radius 1 is 1.15 bits per heavy atom. The number of methoxy groups -OCH3 is 1. The molecular weight excluding hydrogens is 439 g/mol. The third kappa shape index (κ3) is 5.87. The van der Waals surface area contributed by atoms with Gasteiger partial charge in [0.1, 0.15) is 11.5 Å². The molecule has 2 aromatic carbocycles. The quantitative estimate of drug-likeness (QED) is 0.288. The lowest BCUT2D eigenvalue weighted by Gasteiger charge is -2.09. The predicted molar refractivity (Wildman–Crippen MR) is 125 cm³/mol. The number of nitrogens with one attached hydrogen (secondary N) is 2. The molecule has 2 heterocycles. The second-order valence-corrected chi connectivity index (χ2v) is 7.71. The number of halogens is 1. The van der Waals surface area contributed by atoms with Crippen LogP contribution in [-0.2, 0) is 17.8 Å². The molecule has 0 spiro atoms. The van der Waals surface area contributed by atoms with Crippen LogP contribution in [-0.4, -0.2) is 46.3 Å². The number of aromatic nitrogens is 3. The number of hydrogen-bond acceptors (Lipinski definition) is 6. The summed E-state index contributed by atoms with van der Waals surface area (Å²) in [6.07, 6.45) is 1.85. The molecule has 3 N–H and O–H groups in total. The number of carboxylic acids is 1. The van der Waals surface area contributed by atoms with Gasteiger partial charge in [-0.25, -0.2) is 14.4 Å². The van der Waals surface area contributed by atoms with Gasteiger partial charge in [-0.2, -0.15) is 0 Å². The van der Waals surface area contributed by atoms with Gasteiger partial charge in [0.05, 0.1) is 32.0 Å². The Labute approximate surface area is 195 Å². The molecule has 0 aliphatic heterocycles. The van der Waals surface area contributed by atoms with Gasteiger partial charge in [0.15, 0.2) is 11.6 Å². The maximum absolute atomic E-state index is 14.2. The highest BCUT2D eigenvalue weighted by molar-refractivity contribution is 5.83. The van der Waals surface area contributed by atoms with Gasteiger partial charge in [0.25, 0.3) is 0 Å². The van der Waals surface area contributed by atoms with Crippen molar-refractivity contribution in [3.05, 3.63) is 71.9 Å². The zero-order valence-corrected chi connectivity index (χ0v) is 18.7. The molecule has 0 amide bonds. The van der Waals surface area contributed by atoms with E-state index < -0.39 is 11.8 Å². The molecule has 0 radical (unpaired) electrons. The van der Waals surface area contributed by atoms with E-state index in [4.69, 9.17) is 14.6 Å².